The lowest BCUT2D eigenvalue weighted by atomic mass is 10.1. The maximum atomic E-state index is 12.8. The highest BCUT2D eigenvalue weighted by Crippen LogP contribution is 2.32. The van der Waals surface area contributed by atoms with E-state index in [-0.39, 0.29) is 31.6 Å². The van der Waals surface area contributed by atoms with Gasteiger partial charge in [-0.25, -0.2) is 0 Å². The molecule has 2 aromatic carbocycles. The van der Waals surface area contributed by atoms with E-state index in [4.69, 9.17) is 14.2 Å². The molecule has 146 valence electrons. The smallest absolute Gasteiger partial charge is 0.307 e. The number of carbonyl (C=O) groups is 2. The van der Waals surface area contributed by atoms with E-state index >= 15 is 0 Å². The predicted octanol–water partition coefficient (Wildman–Crippen LogP) is 3.41. The summed E-state index contributed by atoms with van der Waals surface area (Å²) in [5, 5.41) is 0. The molecule has 1 aliphatic rings. The molecule has 1 amide bonds. The van der Waals surface area contributed by atoms with E-state index in [0.717, 1.165) is 11.1 Å². The number of ether oxygens (including phenoxy) is 3. The Morgan fingerprint density at radius 3 is 2.68 bits per heavy atom. The number of carbonyl (C=O) groups excluding carboxylic acids is 2. The van der Waals surface area contributed by atoms with E-state index in [2.05, 4.69) is 0 Å². The van der Waals surface area contributed by atoms with Crippen molar-refractivity contribution in [3.8, 4) is 11.5 Å². The first-order chi connectivity index (χ1) is 13.7. The van der Waals surface area contributed by atoms with Crippen LogP contribution in [0.5, 0.6) is 11.5 Å². The number of nitrogens with zero attached hydrogens (tertiary/aromatic N) is 1. The second-order valence-electron chi connectivity index (χ2n) is 6.25. The molecule has 0 bridgehead atoms. The van der Waals surface area contributed by atoms with Crippen LogP contribution < -0.4 is 9.47 Å². The number of rotatable bonds is 8. The highest BCUT2D eigenvalue weighted by atomic mass is 16.7. The van der Waals surface area contributed by atoms with Gasteiger partial charge < -0.3 is 19.1 Å². The van der Waals surface area contributed by atoms with Gasteiger partial charge in [0.25, 0.3) is 0 Å². The van der Waals surface area contributed by atoms with E-state index in [9.17, 15) is 9.59 Å². The third-order valence-electron chi connectivity index (χ3n) is 4.23. The maximum Gasteiger partial charge on any atom is 0.307 e. The molecular weight excluding hydrogens is 358 g/mol. The molecule has 1 aliphatic heterocycles. The van der Waals surface area contributed by atoms with Gasteiger partial charge in [0.2, 0.25) is 12.7 Å². The van der Waals surface area contributed by atoms with Crippen molar-refractivity contribution in [3.63, 3.8) is 0 Å². The highest BCUT2D eigenvalue weighted by Gasteiger charge is 2.17. The number of hydrogen-bond donors (Lipinski definition) is 0. The monoisotopic (exact) mass is 381 g/mol. The first kappa shape index (κ1) is 19.5. The Hall–Kier alpha value is -3.28. The van der Waals surface area contributed by atoms with Crippen LogP contribution in [0.3, 0.4) is 0 Å². The molecule has 0 fully saturated rings. The fourth-order valence-electron chi connectivity index (χ4n) is 2.82. The van der Waals surface area contributed by atoms with E-state index in [1.807, 2.05) is 48.5 Å². The lowest BCUT2D eigenvalue weighted by molar-refractivity contribution is -0.143. The standard InChI is InChI=1S/C22H23NO5/c1-2-26-22(25)12-13-23(21(24)11-9-17-6-4-3-5-7-17)15-18-8-10-19-20(14-18)28-16-27-19/h3-11,14H,2,12-13,15-16H2,1H3/b11-9+. The van der Waals surface area contributed by atoms with Gasteiger partial charge in [0.05, 0.1) is 13.0 Å². The molecule has 0 radical (unpaired) electrons. The van der Waals surface area contributed by atoms with Crippen LogP contribution in [-0.2, 0) is 20.9 Å². The molecule has 0 saturated carbocycles. The zero-order chi connectivity index (χ0) is 19.8. The van der Waals surface area contributed by atoms with E-state index in [1.165, 1.54) is 6.08 Å². The Morgan fingerprint density at radius 1 is 1.11 bits per heavy atom. The molecule has 1 heterocycles. The average molecular weight is 381 g/mol. The van der Waals surface area contributed by atoms with Crippen LogP contribution in [0.25, 0.3) is 6.08 Å². The van der Waals surface area contributed by atoms with Gasteiger partial charge in [-0.05, 0) is 36.3 Å². The molecule has 0 spiro atoms. The molecule has 0 aliphatic carbocycles. The van der Waals surface area contributed by atoms with Crippen molar-refractivity contribution in [2.75, 3.05) is 19.9 Å². The number of amides is 1. The van der Waals surface area contributed by atoms with Gasteiger partial charge in [-0.3, -0.25) is 9.59 Å². The van der Waals surface area contributed by atoms with E-state index < -0.39 is 0 Å². The van der Waals surface area contributed by atoms with Crippen molar-refractivity contribution in [3.05, 3.63) is 65.7 Å². The van der Waals surface area contributed by atoms with Crippen LogP contribution in [0.4, 0.5) is 0 Å². The first-order valence-corrected chi connectivity index (χ1v) is 9.22. The largest absolute Gasteiger partial charge is 0.466 e. The molecule has 6 heteroatoms. The molecular formula is C22H23NO5. The molecule has 0 N–H and O–H groups in total. The molecule has 0 atom stereocenters. The van der Waals surface area contributed by atoms with Crippen molar-refractivity contribution >= 4 is 18.0 Å². The topological polar surface area (TPSA) is 65.1 Å². The zero-order valence-electron chi connectivity index (χ0n) is 15.8. The Balaban J connectivity index is 1.71. The zero-order valence-corrected chi connectivity index (χ0v) is 15.8. The minimum absolute atomic E-state index is 0.142. The van der Waals surface area contributed by atoms with Gasteiger partial charge in [0.1, 0.15) is 0 Å². The number of benzene rings is 2. The van der Waals surface area contributed by atoms with Crippen LogP contribution in [0.15, 0.2) is 54.6 Å². The van der Waals surface area contributed by atoms with Gasteiger partial charge in [-0.1, -0.05) is 36.4 Å². The van der Waals surface area contributed by atoms with Crippen molar-refractivity contribution in [2.45, 2.75) is 19.9 Å². The third kappa shape index (κ3) is 5.36. The lowest BCUT2D eigenvalue weighted by Crippen LogP contribution is -2.31. The summed E-state index contributed by atoms with van der Waals surface area (Å²) in [5.74, 6) is 0.857. The fourth-order valence-corrected chi connectivity index (χ4v) is 2.82. The number of esters is 1. The van der Waals surface area contributed by atoms with Gasteiger partial charge in [-0.2, -0.15) is 0 Å². The average Bonchev–Trinajstić information content (AvgIpc) is 3.18. The summed E-state index contributed by atoms with van der Waals surface area (Å²) >= 11 is 0. The minimum atomic E-state index is -0.321. The SMILES string of the molecule is CCOC(=O)CCN(Cc1ccc2c(c1)OCO2)C(=O)/C=C/c1ccccc1. The lowest BCUT2D eigenvalue weighted by Gasteiger charge is -2.21. The Kier molecular flexibility index (Phi) is 6.68. The summed E-state index contributed by atoms with van der Waals surface area (Å²) in [6.07, 6.45) is 3.43. The molecule has 0 saturated heterocycles. The maximum absolute atomic E-state index is 12.8. The summed E-state index contributed by atoms with van der Waals surface area (Å²) in [5.41, 5.74) is 1.83. The van der Waals surface area contributed by atoms with Crippen molar-refractivity contribution in [2.24, 2.45) is 0 Å². The highest BCUT2D eigenvalue weighted by molar-refractivity contribution is 5.92. The van der Waals surface area contributed by atoms with Crippen LogP contribution in [0.1, 0.15) is 24.5 Å². The van der Waals surface area contributed by atoms with Gasteiger partial charge in [0, 0.05) is 19.2 Å². The Bertz CT molecular complexity index is 847. The second kappa shape index (κ2) is 9.60. The number of hydrogen-bond acceptors (Lipinski definition) is 5. The van der Waals surface area contributed by atoms with Crippen LogP contribution in [-0.4, -0.2) is 36.7 Å². The van der Waals surface area contributed by atoms with Gasteiger partial charge in [-0.15, -0.1) is 0 Å². The molecule has 2 aromatic rings. The Labute approximate surface area is 164 Å². The number of fused-ring (bicyclic) bond motifs is 1. The first-order valence-electron chi connectivity index (χ1n) is 9.22. The van der Waals surface area contributed by atoms with E-state index in [0.29, 0.717) is 24.7 Å². The van der Waals surface area contributed by atoms with Crippen molar-refractivity contribution in [1.29, 1.82) is 0 Å². The van der Waals surface area contributed by atoms with Crippen LogP contribution in [0, 0.1) is 0 Å². The second-order valence-corrected chi connectivity index (χ2v) is 6.25. The minimum Gasteiger partial charge on any atom is -0.466 e. The molecule has 6 nitrogen and oxygen atoms in total. The van der Waals surface area contributed by atoms with Crippen molar-refractivity contribution in [1.82, 2.24) is 4.90 Å². The molecule has 28 heavy (non-hydrogen) atoms. The third-order valence-corrected chi connectivity index (χ3v) is 4.23. The molecule has 3 rings (SSSR count). The normalized spacial score (nSPS) is 12.2. The predicted molar refractivity (Wildman–Crippen MR) is 105 cm³/mol. The summed E-state index contributed by atoms with van der Waals surface area (Å²) in [6, 6.07) is 15.2. The van der Waals surface area contributed by atoms with Crippen molar-refractivity contribution < 1.29 is 23.8 Å². The molecule has 0 unspecified atom stereocenters. The Morgan fingerprint density at radius 2 is 1.89 bits per heavy atom. The fraction of sp³-hybridized carbons (Fsp3) is 0.273. The van der Waals surface area contributed by atoms with Crippen LogP contribution >= 0.6 is 0 Å². The quantitative estimate of drug-likeness (QED) is 0.518. The summed E-state index contributed by atoms with van der Waals surface area (Å²) in [4.78, 5) is 26.1. The summed E-state index contributed by atoms with van der Waals surface area (Å²) < 4.78 is 15.7. The molecule has 0 aromatic heterocycles. The van der Waals surface area contributed by atoms with Crippen LogP contribution in [0.2, 0.25) is 0 Å². The summed E-state index contributed by atoms with van der Waals surface area (Å²) in [6.45, 7) is 2.90. The van der Waals surface area contributed by atoms with Gasteiger partial charge >= 0.3 is 5.97 Å². The summed E-state index contributed by atoms with van der Waals surface area (Å²) in [7, 11) is 0. The van der Waals surface area contributed by atoms with E-state index in [1.54, 1.807) is 17.9 Å². The van der Waals surface area contributed by atoms with Gasteiger partial charge in [0.15, 0.2) is 11.5 Å².